The lowest BCUT2D eigenvalue weighted by molar-refractivity contribution is -0.146. The highest BCUT2D eigenvalue weighted by Gasteiger charge is 2.65. The molecule has 0 bridgehead atoms. The first-order chi connectivity index (χ1) is 15.1. The van der Waals surface area contributed by atoms with Crippen LogP contribution in [0.1, 0.15) is 100 Å². The van der Waals surface area contributed by atoms with E-state index in [1.165, 1.54) is 19.3 Å². The Morgan fingerprint density at radius 2 is 1.76 bits per heavy atom. The van der Waals surface area contributed by atoms with E-state index in [1.54, 1.807) is 25.5 Å². The zero-order chi connectivity index (χ0) is 24.6. The maximum Gasteiger partial charge on any atom is 0.138 e. The normalized spacial score (nSPS) is 44.6. The molecule has 33 heavy (non-hydrogen) atoms. The monoisotopic (exact) mass is 456 g/mol. The molecular weight excluding hydrogens is 408 g/mol. The minimum absolute atomic E-state index is 0.158. The van der Waals surface area contributed by atoms with Crippen LogP contribution in [0.3, 0.4) is 0 Å². The number of rotatable bonds is 4. The average Bonchev–Trinajstić information content (AvgIpc) is 3.00. The molecule has 0 aromatic carbocycles. The van der Waals surface area contributed by atoms with Crippen molar-refractivity contribution in [2.45, 2.75) is 112 Å². The summed E-state index contributed by atoms with van der Waals surface area (Å²) < 4.78 is 0. The molecule has 3 fully saturated rings. The van der Waals surface area contributed by atoms with Crippen LogP contribution in [0.2, 0.25) is 0 Å². The zero-order valence-electron chi connectivity index (χ0n) is 22.4. The first kappa shape index (κ1) is 25.2. The average molecular weight is 457 g/mol. The van der Waals surface area contributed by atoms with Crippen molar-refractivity contribution >= 4 is 5.78 Å². The van der Waals surface area contributed by atoms with Crippen LogP contribution in [-0.2, 0) is 4.79 Å². The SMILES string of the molecule is C[C@@H]([C@H](O)/C=C/C(C)(C)O)[C@H]1CC[C@]2(C)C3=CC[C@H]4C(C)(C)C(=O)CC[C@]4(C)[C@H]3CC[C@@]12C. The molecule has 2 N–H and O–H groups in total. The molecule has 4 aliphatic carbocycles. The molecule has 0 aromatic rings. The van der Waals surface area contributed by atoms with E-state index in [-0.39, 0.29) is 27.6 Å². The lowest BCUT2D eigenvalue weighted by atomic mass is 9.41. The Kier molecular flexibility index (Phi) is 5.94. The van der Waals surface area contributed by atoms with Crippen molar-refractivity contribution in [1.82, 2.24) is 0 Å². The van der Waals surface area contributed by atoms with Gasteiger partial charge in [0.1, 0.15) is 5.78 Å². The van der Waals surface area contributed by atoms with Gasteiger partial charge >= 0.3 is 0 Å². The summed E-state index contributed by atoms with van der Waals surface area (Å²) in [6.45, 7) is 17.6. The third-order valence-electron chi connectivity index (χ3n) is 11.5. The van der Waals surface area contributed by atoms with Gasteiger partial charge in [0.05, 0.1) is 11.7 Å². The molecule has 3 saturated carbocycles. The lowest BCUT2D eigenvalue weighted by Gasteiger charge is -2.63. The second kappa shape index (κ2) is 7.79. The Bertz CT molecular complexity index is 860. The van der Waals surface area contributed by atoms with E-state index >= 15 is 0 Å². The summed E-state index contributed by atoms with van der Waals surface area (Å²) in [5, 5.41) is 21.1. The van der Waals surface area contributed by atoms with Gasteiger partial charge in [0, 0.05) is 11.8 Å². The van der Waals surface area contributed by atoms with Gasteiger partial charge in [0.15, 0.2) is 0 Å². The molecule has 0 aromatic heterocycles. The predicted molar refractivity (Wildman–Crippen MR) is 135 cm³/mol. The molecule has 0 unspecified atom stereocenters. The molecule has 0 spiro atoms. The van der Waals surface area contributed by atoms with E-state index < -0.39 is 11.7 Å². The summed E-state index contributed by atoms with van der Waals surface area (Å²) in [5.74, 6) is 2.09. The fraction of sp³-hybridized carbons (Fsp3) is 0.833. The van der Waals surface area contributed by atoms with Crippen LogP contribution in [0.4, 0.5) is 0 Å². The Morgan fingerprint density at radius 3 is 2.39 bits per heavy atom. The van der Waals surface area contributed by atoms with E-state index in [0.29, 0.717) is 23.5 Å². The van der Waals surface area contributed by atoms with Crippen molar-refractivity contribution < 1.29 is 15.0 Å². The second-order valence-electron chi connectivity index (χ2n) is 13.9. The van der Waals surface area contributed by atoms with Gasteiger partial charge in [-0.3, -0.25) is 4.79 Å². The van der Waals surface area contributed by atoms with Crippen molar-refractivity contribution in [3.63, 3.8) is 0 Å². The number of allylic oxidation sites excluding steroid dienone is 2. The first-order valence-electron chi connectivity index (χ1n) is 13.4. The van der Waals surface area contributed by atoms with Crippen molar-refractivity contribution in [3.05, 3.63) is 23.8 Å². The number of hydrogen-bond donors (Lipinski definition) is 2. The summed E-state index contributed by atoms with van der Waals surface area (Å²) in [7, 11) is 0. The second-order valence-corrected chi connectivity index (χ2v) is 13.9. The van der Waals surface area contributed by atoms with Crippen LogP contribution < -0.4 is 0 Å². The van der Waals surface area contributed by atoms with Gasteiger partial charge in [-0.1, -0.05) is 65.3 Å². The van der Waals surface area contributed by atoms with Gasteiger partial charge in [0.25, 0.3) is 0 Å². The van der Waals surface area contributed by atoms with E-state index in [0.717, 1.165) is 25.7 Å². The molecule has 186 valence electrons. The number of Topliss-reactive ketones (excluding diaryl/α,β-unsaturated/α-hetero) is 1. The minimum atomic E-state index is -0.902. The highest BCUT2D eigenvalue weighted by atomic mass is 16.3. The Balaban J connectivity index is 1.65. The quantitative estimate of drug-likeness (QED) is 0.476. The number of hydrogen-bond acceptors (Lipinski definition) is 3. The molecule has 0 saturated heterocycles. The Labute approximate surface area is 202 Å². The third kappa shape index (κ3) is 3.63. The largest absolute Gasteiger partial charge is 0.389 e. The van der Waals surface area contributed by atoms with Crippen LogP contribution in [0.5, 0.6) is 0 Å². The lowest BCUT2D eigenvalue weighted by Crippen LogP contribution is -2.57. The van der Waals surface area contributed by atoms with Crippen LogP contribution >= 0.6 is 0 Å². The van der Waals surface area contributed by atoms with Gasteiger partial charge in [-0.05, 0) is 92.3 Å². The molecular formula is C30H48O3. The molecule has 8 atom stereocenters. The topological polar surface area (TPSA) is 57.5 Å². The van der Waals surface area contributed by atoms with Crippen molar-refractivity contribution in [1.29, 1.82) is 0 Å². The number of carbonyl (C=O) groups is 1. The maximum atomic E-state index is 12.8. The smallest absolute Gasteiger partial charge is 0.138 e. The third-order valence-corrected chi connectivity index (χ3v) is 11.5. The number of fused-ring (bicyclic) bond motifs is 5. The number of aliphatic hydroxyl groups is 2. The van der Waals surface area contributed by atoms with E-state index in [4.69, 9.17) is 0 Å². The van der Waals surface area contributed by atoms with Gasteiger partial charge in [0.2, 0.25) is 0 Å². The molecule has 3 heteroatoms. The van der Waals surface area contributed by atoms with Crippen LogP contribution in [0, 0.1) is 45.3 Å². The van der Waals surface area contributed by atoms with Gasteiger partial charge in [-0.25, -0.2) is 0 Å². The number of aliphatic hydroxyl groups excluding tert-OH is 1. The Morgan fingerprint density at radius 1 is 1.09 bits per heavy atom. The van der Waals surface area contributed by atoms with Crippen molar-refractivity contribution in [2.24, 2.45) is 45.3 Å². The minimum Gasteiger partial charge on any atom is -0.389 e. The summed E-state index contributed by atoms with van der Waals surface area (Å²) in [4.78, 5) is 12.8. The van der Waals surface area contributed by atoms with E-state index in [9.17, 15) is 15.0 Å². The Hall–Kier alpha value is -0.930. The standard InChI is InChI=1S/C30H48O3/c1-19(23(31)13-15-26(2,3)33)20-11-17-30(8)22-9-10-24-27(4,5)25(32)14-16-28(24,6)21(22)12-18-29(20,30)7/h9,13,15,19-21,23-24,31,33H,10-12,14,16-18H2,1-8H3/b15-13+/t19-,20-,21+,23-,24+,28-,29+,30-/m1/s1. The number of ketones is 1. The van der Waals surface area contributed by atoms with Gasteiger partial charge < -0.3 is 10.2 Å². The first-order valence-corrected chi connectivity index (χ1v) is 13.4. The van der Waals surface area contributed by atoms with Crippen molar-refractivity contribution in [3.8, 4) is 0 Å². The molecule has 0 radical (unpaired) electrons. The highest BCUT2D eigenvalue weighted by molar-refractivity contribution is 5.85. The van der Waals surface area contributed by atoms with E-state index in [2.05, 4.69) is 47.6 Å². The predicted octanol–water partition coefficient (Wildman–Crippen LogP) is 6.48. The molecule has 4 rings (SSSR count). The van der Waals surface area contributed by atoms with Crippen LogP contribution in [0.15, 0.2) is 23.8 Å². The summed E-state index contributed by atoms with van der Waals surface area (Å²) >= 11 is 0. The van der Waals surface area contributed by atoms with Crippen LogP contribution in [-0.4, -0.2) is 27.7 Å². The summed E-state index contributed by atoms with van der Waals surface area (Å²) in [6.07, 6.45) is 13.1. The highest BCUT2D eigenvalue weighted by Crippen LogP contribution is 2.73. The fourth-order valence-electron chi connectivity index (χ4n) is 9.14. The van der Waals surface area contributed by atoms with Gasteiger partial charge in [-0.2, -0.15) is 0 Å². The maximum absolute atomic E-state index is 12.8. The molecule has 0 heterocycles. The van der Waals surface area contributed by atoms with E-state index in [1.807, 2.05) is 6.08 Å². The molecule has 3 nitrogen and oxygen atoms in total. The fourth-order valence-corrected chi connectivity index (χ4v) is 9.14. The van der Waals surface area contributed by atoms with Crippen LogP contribution in [0.25, 0.3) is 0 Å². The molecule has 0 aliphatic heterocycles. The number of carbonyl (C=O) groups excluding carboxylic acids is 1. The van der Waals surface area contributed by atoms with Crippen molar-refractivity contribution in [2.75, 3.05) is 0 Å². The molecule has 0 amide bonds. The van der Waals surface area contributed by atoms with Gasteiger partial charge in [-0.15, -0.1) is 0 Å². The summed E-state index contributed by atoms with van der Waals surface area (Å²) in [5.41, 5.74) is 1.10. The summed E-state index contributed by atoms with van der Waals surface area (Å²) in [6, 6.07) is 0. The molecule has 4 aliphatic rings. The zero-order valence-corrected chi connectivity index (χ0v) is 22.4.